The average molecular weight is 234 g/mol. The van der Waals surface area contributed by atoms with E-state index in [2.05, 4.69) is 33.6 Å². The smallest absolute Gasteiger partial charge is 0.0932 e. The lowest BCUT2D eigenvalue weighted by molar-refractivity contribution is 0.00641. The number of methoxy groups -OCH3 is 1. The van der Waals surface area contributed by atoms with Gasteiger partial charge in [0.2, 0.25) is 0 Å². The van der Waals surface area contributed by atoms with Gasteiger partial charge in [0.15, 0.2) is 0 Å². The van der Waals surface area contributed by atoms with E-state index in [-0.39, 0.29) is 11.0 Å². The Morgan fingerprint density at radius 1 is 1.24 bits per heavy atom. The standard InChI is InChI=1S/C16H26O/c1-7-8-9-10-11-16(17-6)12-15(4,5)13(2)14(16)3/h7H,1-3,8-12H2,4-6H3. The van der Waals surface area contributed by atoms with E-state index >= 15 is 0 Å². The molecular formula is C16H26O. The third-order valence-corrected chi connectivity index (χ3v) is 4.09. The van der Waals surface area contributed by atoms with Crippen molar-refractivity contribution in [3.63, 3.8) is 0 Å². The molecule has 0 heterocycles. The molecule has 0 aromatic heterocycles. The van der Waals surface area contributed by atoms with Gasteiger partial charge in [0, 0.05) is 7.11 Å². The average Bonchev–Trinajstić information content (AvgIpc) is 2.46. The zero-order valence-electron chi connectivity index (χ0n) is 11.6. The largest absolute Gasteiger partial charge is 0.374 e. The van der Waals surface area contributed by atoms with Gasteiger partial charge in [-0.2, -0.15) is 0 Å². The summed E-state index contributed by atoms with van der Waals surface area (Å²) in [5, 5.41) is 0. The second kappa shape index (κ2) is 5.22. The molecule has 0 aromatic carbocycles. The van der Waals surface area contributed by atoms with Gasteiger partial charge in [-0.1, -0.05) is 33.1 Å². The van der Waals surface area contributed by atoms with Gasteiger partial charge in [-0.05, 0) is 48.7 Å². The quantitative estimate of drug-likeness (QED) is 0.480. The Morgan fingerprint density at radius 3 is 2.29 bits per heavy atom. The molecule has 1 fully saturated rings. The predicted molar refractivity (Wildman–Crippen MR) is 75.1 cm³/mol. The first kappa shape index (κ1) is 14.2. The van der Waals surface area contributed by atoms with Gasteiger partial charge in [0.25, 0.3) is 0 Å². The van der Waals surface area contributed by atoms with Crippen LogP contribution in [0.4, 0.5) is 0 Å². The minimum Gasteiger partial charge on any atom is -0.374 e. The Bertz CT molecular complexity index is 324. The summed E-state index contributed by atoms with van der Waals surface area (Å²) in [5.41, 5.74) is 2.19. The van der Waals surface area contributed by atoms with Crippen LogP contribution in [0.25, 0.3) is 0 Å². The van der Waals surface area contributed by atoms with Gasteiger partial charge in [-0.15, -0.1) is 6.58 Å². The number of hydrogen-bond donors (Lipinski definition) is 0. The topological polar surface area (TPSA) is 9.23 Å². The molecule has 0 amide bonds. The highest BCUT2D eigenvalue weighted by Crippen LogP contribution is 2.53. The molecule has 1 aliphatic carbocycles. The Hall–Kier alpha value is -0.820. The summed E-state index contributed by atoms with van der Waals surface area (Å²) in [6.45, 7) is 16.6. The molecule has 0 saturated heterocycles. The van der Waals surface area contributed by atoms with Crippen molar-refractivity contribution in [1.29, 1.82) is 0 Å². The molecule has 17 heavy (non-hydrogen) atoms. The van der Waals surface area contributed by atoms with Crippen molar-refractivity contribution >= 4 is 0 Å². The van der Waals surface area contributed by atoms with Crippen LogP contribution in [0.3, 0.4) is 0 Å². The zero-order chi connectivity index (χ0) is 13.1. The summed E-state index contributed by atoms with van der Waals surface area (Å²) >= 11 is 0. The summed E-state index contributed by atoms with van der Waals surface area (Å²) in [6.07, 6.45) is 7.43. The Balaban J connectivity index is 2.73. The van der Waals surface area contributed by atoms with E-state index in [0.29, 0.717) is 0 Å². The van der Waals surface area contributed by atoms with Crippen molar-refractivity contribution < 1.29 is 4.74 Å². The number of rotatable bonds is 6. The molecule has 1 nitrogen and oxygen atoms in total. The number of unbranched alkanes of at least 4 members (excludes halogenated alkanes) is 2. The lowest BCUT2D eigenvalue weighted by Crippen LogP contribution is -2.30. The molecule has 0 aromatic rings. The summed E-state index contributed by atoms with van der Waals surface area (Å²) in [5.74, 6) is 0. The molecule has 96 valence electrons. The summed E-state index contributed by atoms with van der Waals surface area (Å²) < 4.78 is 5.81. The first-order valence-electron chi connectivity index (χ1n) is 6.45. The minimum absolute atomic E-state index is 0.117. The number of allylic oxidation sites excluding steroid dienone is 1. The number of ether oxygens (including phenoxy) is 1. The van der Waals surface area contributed by atoms with E-state index in [9.17, 15) is 0 Å². The van der Waals surface area contributed by atoms with Crippen molar-refractivity contribution in [3.8, 4) is 0 Å². The van der Waals surface area contributed by atoms with Crippen molar-refractivity contribution in [2.24, 2.45) is 5.41 Å². The third-order valence-electron chi connectivity index (χ3n) is 4.09. The maximum absolute atomic E-state index is 5.81. The van der Waals surface area contributed by atoms with E-state index in [4.69, 9.17) is 4.74 Å². The van der Waals surface area contributed by atoms with Crippen molar-refractivity contribution in [2.75, 3.05) is 7.11 Å². The minimum atomic E-state index is -0.179. The second-order valence-corrected chi connectivity index (χ2v) is 5.75. The van der Waals surface area contributed by atoms with E-state index in [0.717, 1.165) is 36.8 Å². The van der Waals surface area contributed by atoms with E-state index in [1.54, 1.807) is 7.11 Å². The highest BCUT2D eigenvalue weighted by molar-refractivity contribution is 5.44. The van der Waals surface area contributed by atoms with Crippen LogP contribution in [0.1, 0.15) is 46.0 Å². The van der Waals surface area contributed by atoms with Crippen LogP contribution in [0.15, 0.2) is 37.0 Å². The molecule has 0 radical (unpaired) electrons. The van der Waals surface area contributed by atoms with Gasteiger partial charge in [-0.25, -0.2) is 0 Å². The molecule has 0 N–H and O–H groups in total. The maximum atomic E-state index is 5.81. The molecule has 1 heteroatoms. The molecular weight excluding hydrogens is 208 g/mol. The second-order valence-electron chi connectivity index (χ2n) is 5.75. The van der Waals surface area contributed by atoms with Crippen LogP contribution in [0.5, 0.6) is 0 Å². The monoisotopic (exact) mass is 234 g/mol. The Labute approximate surface area is 106 Å². The van der Waals surface area contributed by atoms with Gasteiger partial charge < -0.3 is 4.74 Å². The lowest BCUT2D eigenvalue weighted by Gasteiger charge is -2.30. The lowest BCUT2D eigenvalue weighted by atomic mass is 9.85. The maximum Gasteiger partial charge on any atom is 0.0932 e. The molecule has 0 spiro atoms. The van der Waals surface area contributed by atoms with Crippen molar-refractivity contribution in [2.45, 2.75) is 51.6 Å². The van der Waals surface area contributed by atoms with Gasteiger partial charge >= 0.3 is 0 Å². The summed E-state index contributed by atoms with van der Waals surface area (Å²) in [7, 11) is 1.80. The van der Waals surface area contributed by atoms with Gasteiger partial charge in [-0.3, -0.25) is 0 Å². The van der Waals surface area contributed by atoms with Crippen LogP contribution >= 0.6 is 0 Å². The molecule has 1 saturated carbocycles. The highest BCUT2D eigenvalue weighted by Gasteiger charge is 2.48. The molecule has 0 aliphatic heterocycles. The van der Waals surface area contributed by atoms with Crippen LogP contribution < -0.4 is 0 Å². The molecule has 1 rings (SSSR count). The fourth-order valence-corrected chi connectivity index (χ4v) is 2.85. The SMILES string of the molecule is C=CCCCCC1(OC)CC(C)(C)C(=C)C1=C. The Kier molecular flexibility index (Phi) is 4.37. The fraction of sp³-hybridized carbons (Fsp3) is 0.625. The highest BCUT2D eigenvalue weighted by atomic mass is 16.5. The zero-order valence-corrected chi connectivity index (χ0v) is 11.6. The molecule has 1 aliphatic rings. The van der Waals surface area contributed by atoms with Crippen LogP contribution in [0.2, 0.25) is 0 Å². The van der Waals surface area contributed by atoms with E-state index in [1.165, 1.54) is 6.42 Å². The fourth-order valence-electron chi connectivity index (χ4n) is 2.85. The number of hydrogen-bond acceptors (Lipinski definition) is 1. The van der Waals surface area contributed by atoms with E-state index in [1.807, 2.05) is 6.08 Å². The Morgan fingerprint density at radius 2 is 1.88 bits per heavy atom. The van der Waals surface area contributed by atoms with Gasteiger partial charge in [0.05, 0.1) is 5.60 Å². The first-order valence-corrected chi connectivity index (χ1v) is 6.45. The summed E-state index contributed by atoms with van der Waals surface area (Å²) in [6, 6.07) is 0. The molecule has 0 bridgehead atoms. The van der Waals surface area contributed by atoms with Crippen molar-refractivity contribution in [3.05, 3.63) is 37.0 Å². The molecule has 1 atom stereocenters. The summed E-state index contributed by atoms with van der Waals surface area (Å²) in [4.78, 5) is 0. The molecule has 1 unspecified atom stereocenters. The van der Waals surface area contributed by atoms with Gasteiger partial charge in [0.1, 0.15) is 0 Å². The predicted octanol–water partition coefficient (Wildman–Crippen LogP) is 4.66. The first-order chi connectivity index (χ1) is 7.89. The normalized spacial score (nSPS) is 27.5. The van der Waals surface area contributed by atoms with E-state index < -0.39 is 0 Å². The van der Waals surface area contributed by atoms with Crippen LogP contribution in [-0.2, 0) is 4.74 Å². The van der Waals surface area contributed by atoms with Crippen LogP contribution in [-0.4, -0.2) is 12.7 Å². The third kappa shape index (κ3) is 2.71. The van der Waals surface area contributed by atoms with Crippen LogP contribution in [0, 0.1) is 5.41 Å². The van der Waals surface area contributed by atoms with Crippen molar-refractivity contribution in [1.82, 2.24) is 0 Å².